The predicted octanol–water partition coefficient (Wildman–Crippen LogP) is 4.30. The summed E-state index contributed by atoms with van der Waals surface area (Å²) >= 11 is 0. The molecule has 2 saturated heterocycles. The summed E-state index contributed by atoms with van der Waals surface area (Å²) < 4.78 is 8.04. The first-order valence-corrected chi connectivity index (χ1v) is 9.94. The van der Waals surface area contributed by atoms with Gasteiger partial charge in [0.25, 0.3) is 0 Å². The topological polar surface area (TPSA) is 9.23 Å². The van der Waals surface area contributed by atoms with Crippen molar-refractivity contribution in [2.24, 2.45) is 11.8 Å². The molecule has 0 bridgehead atoms. The molecule has 0 aromatic heterocycles. The van der Waals surface area contributed by atoms with E-state index < -0.39 is 0 Å². The van der Waals surface area contributed by atoms with Crippen molar-refractivity contribution in [3.8, 4) is 0 Å². The molecule has 2 heterocycles. The number of hydrogen-bond donors (Lipinski definition) is 0. The van der Waals surface area contributed by atoms with Crippen LogP contribution in [0.25, 0.3) is 0 Å². The van der Waals surface area contributed by atoms with Crippen LogP contribution in [0.15, 0.2) is 11.6 Å². The molecule has 0 aromatic carbocycles. The zero-order valence-electron chi connectivity index (χ0n) is 14.4. The Hall–Kier alpha value is -0.340. The van der Waals surface area contributed by atoms with E-state index in [1.54, 1.807) is 0 Å². The highest BCUT2D eigenvalue weighted by molar-refractivity contribution is 5.20. The highest BCUT2D eigenvalue weighted by Gasteiger charge is 2.45. The summed E-state index contributed by atoms with van der Waals surface area (Å²) in [6, 6.07) is 0. The number of fused-ring (bicyclic) bond motifs is 3. The first-order chi connectivity index (χ1) is 10.8. The van der Waals surface area contributed by atoms with E-state index in [-0.39, 0.29) is 0 Å². The van der Waals surface area contributed by atoms with Gasteiger partial charge in [0.05, 0.1) is 26.2 Å². The lowest BCUT2D eigenvalue weighted by Crippen LogP contribution is -2.57. The van der Waals surface area contributed by atoms with Gasteiger partial charge in [0.2, 0.25) is 0 Å². The van der Waals surface area contributed by atoms with Crippen LogP contribution in [-0.4, -0.2) is 43.4 Å². The van der Waals surface area contributed by atoms with E-state index in [4.69, 9.17) is 4.74 Å². The van der Waals surface area contributed by atoms with E-state index in [0.29, 0.717) is 12.2 Å². The molecular weight excluding hydrogens is 270 g/mol. The smallest absolute Gasteiger partial charge is 0.113 e. The van der Waals surface area contributed by atoms with E-state index >= 15 is 0 Å². The second kappa shape index (κ2) is 6.28. The molecule has 22 heavy (non-hydrogen) atoms. The molecule has 0 spiro atoms. The number of ether oxygens (including phenoxy) is 1. The fourth-order valence-corrected chi connectivity index (χ4v) is 5.77. The molecule has 0 N–H and O–H groups in total. The molecule has 0 radical (unpaired) electrons. The van der Waals surface area contributed by atoms with Crippen LogP contribution in [-0.2, 0) is 4.74 Å². The molecule has 4 atom stereocenters. The van der Waals surface area contributed by atoms with Gasteiger partial charge in [0.1, 0.15) is 12.6 Å². The molecule has 0 unspecified atom stereocenters. The van der Waals surface area contributed by atoms with Crippen molar-refractivity contribution in [3.05, 3.63) is 11.6 Å². The van der Waals surface area contributed by atoms with Crippen LogP contribution in [0.3, 0.4) is 0 Å². The molecule has 2 heteroatoms. The summed E-state index contributed by atoms with van der Waals surface area (Å²) in [7, 11) is 2.49. The van der Waals surface area contributed by atoms with E-state index in [0.717, 1.165) is 11.8 Å². The van der Waals surface area contributed by atoms with Gasteiger partial charge in [-0.05, 0) is 51.4 Å². The predicted molar refractivity (Wildman–Crippen MR) is 90.7 cm³/mol. The summed E-state index contributed by atoms with van der Waals surface area (Å²) in [6.45, 7) is 4.02. The third-order valence-electron chi connectivity index (χ3n) is 6.97. The number of likely N-dealkylation sites (N-methyl/N-ethyl adjacent to an activating group) is 1. The van der Waals surface area contributed by atoms with E-state index in [2.05, 4.69) is 13.1 Å². The monoisotopic (exact) mass is 304 g/mol. The highest BCUT2D eigenvalue weighted by atomic mass is 16.5. The summed E-state index contributed by atoms with van der Waals surface area (Å²) in [6.07, 6.45) is 17.6. The Kier molecular flexibility index (Phi) is 4.34. The van der Waals surface area contributed by atoms with Crippen molar-refractivity contribution in [1.29, 1.82) is 0 Å². The van der Waals surface area contributed by atoms with Crippen molar-refractivity contribution >= 4 is 0 Å². The molecular formula is C20H34NO+. The molecule has 1 saturated carbocycles. The van der Waals surface area contributed by atoms with E-state index in [9.17, 15) is 0 Å². The Morgan fingerprint density at radius 1 is 0.955 bits per heavy atom. The number of quaternary nitrogens is 1. The minimum atomic E-state index is 0.508. The average molecular weight is 304 g/mol. The van der Waals surface area contributed by atoms with Crippen molar-refractivity contribution in [1.82, 2.24) is 0 Å². The van der Waals surface area contributed by atoms with Crippen molar-refractivity contribution in [3.63, 3.8) is 0 Å². The Balaban J connectivity index is 1.53. The number of likely N-dealkylation sites (tertiary alicyclic amines) is 1. The quantitative estimate of drug-likeness (QED) is 0.546. The maximum atomic E-state index is 6.77. The fourth-order valence-electron chi connectivity index (χ4n) is 5.77. The zero-order chi connectivity index (χ0) is 15.0. The van der Waals surface area contributed by atoms with Crippen LogP contribution in [0.1, 0.15) is 64.2 Å². The maximum absolute atomic E-state index is 6.77. The third-order valence-corrected chi connectivity index (χ3v) is 6.97. The summed E-state index contributed by atoms with van der Waals surface area (Å²) in [5.41, 5.74) is 1.83. The standard InChI is InChI=1S/C20H34NO/c1-21(13-7-2-8-14-21)15-20-18-11-4-3-9-16(18)17-10-5-6-12-19(17)22-20/h9,17-20H,2-8,10-15H2,1H3/q+1/t17-,18+,19-,20+/m1/s1. The highest BCUT2D eigenvalue weighted by Crippen LogP contribution is 2.46. The Morgan fingerprint density at radius 3 is 2.59 bits per heavy atom. The fraction of sp³-hybridized carbons (Fsp3) is 0.900. The Morgan fingerprint density at radius 2 is 1.73 bits per heavy atom. The molecule has 2 nitrogen and oxygen atoms in total. The van der Waals surface area contributed by atoms with Gasteiger partial charge < -0.3 is 9.22 Å². The number of rotatable bonds is 2. The number of piperidine rings is 1. The van der Waals surface area contributed by atoms with E-state index in [1.165, 1.54) is 88.3 Å². The summed E-state index contributed by atoms with van der Waals surface area (Å²) in [5, 5.41) is 0. The second-order valence-corrected chi connectivity index (χ2v) is 8.66. The minimum absolute atomic E-state index is 0.508. The Bertz CT molecular complexity index is 423. The normalized spacial score (nSPS) is 41.2. The number of hydrogen-bond acceptors (Lipinski definition) is 1. The average Bonchev–Trinajstić information content (AvgIpc) is 2.55. The van der Waals surface area contributed by atoms with Crippen molar-refractivity contribution < 1.29 is 9.22 Å². The molecule has 124 valence electrons. The second-order valence-electron chi connectivity index (χ2n) is 8.66. The summed E-state index contributed by atoms with van der Waals surface area (Å²) in [4.78, 5) is 0. The van der Waals surface area contributed by atoms with Gasteiger partial charge in [-0.2, -0.15) is 0 Å². The van der Waals surface area contributed by atoms with Crippen LogP contribution in [0.2, 0.25) is 0 Å². The van der Waals surface area contributed by atoms with Crippen LogP contribution in [0, 0.1) is 11.8 Å². The molecule has 0 amide bonds. The maximum Gasteiger partial charge on any atom is 0.113 e. The molecule has 3 fully saturated rings. The number of allylic oxidation sites excluding steroid dienone is 1. The first kappa shape index (κ1) is 15.2. The van der Waals surface area contributed by atoms with Crippen molar-refractivity contribution in [2.75, 3.05) is 26.7 Å². The molecule has 0 aromatic rings. The van der Waals surface area contributed by atoms with Crippen molar-refractivity contribution in [2.45, 2.75) is 76.4 Å². The van der Waals surface area contributed by atoms with Crippen LogP contribution < -0.4 is 0 Å². The zero-order valence-corrected chi connectivity index (χ0v) is 14.4. The third kappa shape index (κ3) is 2.89. The van der Waals surface area contributed by atoms with Gasteiger partial charge in [0.15, 0.2) is 0 Å². The van der Waals surface area contributed by atoms with Gasteiger partial charge in [0, 0.05) is 11.8 Å². The van der Waals surface area contributed by atoms with Crippen LogP contribution in [0.5, 0.6) is 0 Å². The van der Waals surface area contributed by atoms with Crippen LogP contribution >= 0.6 is 0 Å². The summed E-state index contributed by atoms with van der Waals surface area (Å²) in [5.74, 6) is 1.53. The molecule has 2 aliphatic carbocycles. The van der Waals surface area contributed by atoms with Crippen LogP contribution in [0.4, 0.5) is 0 Å². The first-order valence-electron chi connectivity index (χ1n) is 9.94. The van der Waals surface area contributed by atoms with E-state index in [1.807, 2.05) is 5.57 Å². The molecule has 2 aliphatic heterocycles. The lowest BCUT2D eigenvalue weighted by molar-refractivity contribution is -0.917. The number of nitrogens with zero attached hydrogens (tertiary/aromatic N) is 1. The Labute approximate surface area is 136 Å². The SMILES string of the molecule is C[N+]1(C[C@@H]2O[C@@H]3CCCC[C@@H]3C3=CCCC[C@@H]32)CCCCC1. The lowest BCUT2D eigenvalue weighted by atomic mass is 9.69. The largest absolute Gasteiger partial charge is 0.368 e. The molecule has 4 aliphatic rings. The van der Waals surface area contributed by atoms with Gasteiger partial charge in [-0.3, -0.25) is 0 Å². The minimum Gasteiger partial charge on any atom is -0.368 e. The van der Waals surface area contributed by atoms with Gasteiger partial charge in [-0.1, -0.05) is 24.5 Å². The van der Waals surface area contributed by atoms with Gasteiger partial charge in [-0.25, -0.2) is 0 Å². The van der Waals surface area contributed by atoms with Gasteiger partial charge >= 0.3 is 0 Å². The van der Waals surface area contributed by atoms with Gasteiger partial charge in [-0.15, -0.1) is 0 Å². The molecule has 4 rings (SSSR count). The lowest BCUT2D eigenvalue weighted by Gasteiger charge is -2.50.